The van der Waals surface area contributed by atoms with Crippen molar-refractivity contribution in [1.29, 1.82) is 0 Å². The molecule has 0 unspecified atom stereocenters. The minimum atomic E-state index is -4.91. The molecule has 1 nitrogen and oxygen atoms in total. The lowest BCUT2D eigenvalue weighted by Gasteiger charge is -2.38. The highest BCUT2D eigenvalue weighted by molar-refractivity contribution is 6.62. The van der Waals surface area contributed by atoms with E-state index in [2.05, 4.69) is 0 Å². The van der Waals surface area contributed by atoms with E-state index in [0.717, 1.165) is 0 Å². The Kier molecular flexibility index (Phi) is 3.56. The molecule has 0 aromatic heterocycles. The van der Waals surface area contributed by atoms with E-state index in [4.69, 9.17) is 4.74 Å². The monoisotopic (exact) mass is 231 g/mol. The molecule has 0 N–H and O–H groups in total. The Hall–Kier alpha value is -1.13. The molecule has 1 aromatic carbocycles. The molecule has 0 radical (unpaired) electrons. The fraction of sp³-hybridized carbons (Fsp3) is 0.455. The van der Waals surface area contributed by atoms with Gasteiger partial charge in [0.15, 0.2) is 0 Å². The Labute approximate surface area is 93.7 Å². The number of hydrogen-bond acceptors (Lipinski definition) is 1. The van der Waals surface area contributed by atoms with Gasteiger partial charge in [-0.3, -0.25) is 0 Å². The van der Waals surface area contributed by atoms with Crippen LogP contribution in [0.15, 0.2) is 24.3 Å². The fourth-order valence-electron chi connectivity index (χ4n) is 1.60. The predicted octanol–water partition coefficient (Wildman–Crippen LogP) is 3.75. The van der Waals surface area contributed by atoms with E-state index in [9.17, 15) is 12.9 Å². The number of hydrogen-bond donors (Lipinski definition) is 0. The first-order valence-corrected chi connectivity index (χ1v) is 5.19. The van der Waals surface area contributed by atoms with E-state index in [1.807, 2.05) is 0 Å². The molecule has 0 bridgehead atoms. The summed E-state index contributed by atoms with van der Waals surface area (Å²) in [6.07, 6.45) is 0.0445. The molecule has 0 saturated carbocycles. The van der Waals surface area contributed by atoms with Gasteiger partial charge in [0.2, 0.25) is 0 Å². The zero-order valence-electron chi connectivity index (χ0n) is 9.64. The average Bonchev–Trinajstić information content (AvgIpc) is 2.26. The number of rotatable bonds is 4. The zero-order valence-corrected chi connectivity index (χ0v) is 9.64. The molecular weight excluding hydrogens is 216 g/mol. The molecule has 0 aliphatic heterocycles. The van der Waals surface area contributed by atoms with Crippen LogP contribution in [-0.4, -0.2) is 14.1 Å². The van der Waals surface area contributed by atoms with Gasteiger partial charge < -0.3 is 17.7 Å². The van der Waals surface area contributed by atoms with E-state index in [-0.39, 0.29) is 6.42 Å². The van der Waals surface area contributed by atoms with E-state index in [1.165, 1.54) is 26.2 Å². The zero-order chi connectivity index (χ0) is 12.4. The molecule has 90 valence electrons. The SMILES string of the molecule is CC[C@](C)(c1ccc(OC)cc1)[B-](F)(F)F. The highest BCUT2D eigenvalue weighted by Gasteiger charge is 2.45. The van der Waals surface area contributed by atoms with Crippen molar-refractivity contribution in [3.63, 3.8) is 0 Å². The van der Waals surface area contributed by atoms with Gasteiger partial charge in [0, 0.05) is 0 Å². The molecule has 0 amide bonds. The van der Waals surface area contributed by atoms with Crippen LogP contribution in [0.1, 0.15) is 25.8 Å². The Morgan fingerprint density at radius 1 is 1.19 bits per heavy atom. The van der Waals surface area contributed by atoms with Crippen LogP contribution in [0.3, 0.4) is 0 Å². The number of benzene rings is 1. The molecule has 1 rings (SSSR count). The highest BCUT2D eigenvalue weighted by atomic mass is 19.4. The van der Waals surface area contributed by atoms with Crippen molar-refractivity contribution in [2.75, 3.05) is 7.11 Å². The van der Waals surface area contributed by atoms with Gasteiger partial charge in [-0.25, -0.2) is 0 Å². The second-order valence-corrected chi connectivity index (χ2v) is 4.07. The second-order valence-electron chi connectivity index (χ2n) is 4.07. The molecule has 0 aliphatic rings. The van der Waals surface area contributed by atoms with E-state index < -0.39 is 12.3 Å². The fourth-order valence-corrected chi connectivity index (χ4v) is 1.60. The van der Waals surface area contributed by atoms with Crippen molar-refractivity contribution < 1.29 is 17.7 Å². The molecule has 0 heterocycles. The van der Waals surface area contributed by atoms with Gasteiger partial charge in [-0.2, -0.15) is 0 Å². The summed E-state index contributed by atoms with van der Waals surface area (Å²) in [5.74, 6) is 0.567. The van der Waals surface area contributed by atoms with E-state index in [0.29, 0.717) is 11.3 Å². The summed E-state index contributed by atoms with van der Waals surface area (Å²) in [6.45, 7) is -2.11. The van der Waals surface area contributed by atoms with Crippen LogP contribution >= 0.6 is 0 Å². The molecule has 0 saturated heterocycles. The highest BCUT2D eigenvalue weighted by Crippen LogP contribution is 2.40. The van der Waals surface area contributed by atoms with Gasteiger partial charge >= 0.3 is 6.98 Å². The van der Waals surface area contributed by atoms with Crippen LogP contribution in [-0.2, 0) is 5.31 Å². The third kappa shape index (κ3) is 2.18. The Balaban J connectivity index is 3.13. The maximum atomic E-state index is 13.0. The molecule has 0 spiro atoms. The van der Waals surface area contributed by atoms with Crippen LogP contribution in [0, 0.1) is 0 Å². The molecule has 1 atom stereocenters. The van der Waals surface area contributed by atoms with Crippen molar-refractivity contribution >= 4 is 6.98 Å². The van der Waals surface area contributed by atoms with E-state index in [1.54, 1.807) is 19.1 Å². The van der Waals surface area contributed by atoms with Gasteiger partial charge in [-0.05, 0) is 17.4 Å². The quantitative estimate of drug-likeness (QED) is 0.717. The van der Waals surface area contributed by atoms with Gasteiger partial charge in [0.1, 0.15) is 5.75 Å². The summed E-state index contributed by atoms with van der Waals surface area (Å²) >= 11 is 0. The normalized spacial score (nSPS) is 15.6. The molecular formula is C11H15BF3O-. The van der Waals surface area contributed by atoms with Crippen molar-refractivity contribution in [3.8, 4) is 5.75 Å². The Morgan fingerprint density at radius 2 is 1.69 bits per heavy atom. The third-order valence-electron chi connectivity index (χ3n) is 3.21. The van der Waals surface area contributed by atoms with Gasteiger partial charge in [0.25, 0.3) is 0 Å². The Morgan fingerprint density at radius 3 is 2.00 bits per heavy atom. The molecule has 0 fully saturated rings. The third-order valence-corrected chi connectivity index (χ3v) is 3.21. The smallest absolute Gasteiger partial charge is 0.488 e. The summed E-state index contributed by atoms with van der Waals surface area (Å²) < 4.78 is 43.9. The summed E-state index contributed by atoms with van der Waals surface area (Å²) in [5, 5.41) is -1.73. The standard InChI is InChI=1S/C11H15BF3O/c1-4-11(2,12(13,14)15)9-5-7-10(16-3)8-6-9/h5-8H,4H2,1-3H3/q-1/t11-/m1/s1. The lowest BCUT2D eigenvalue weighted by atomic mass is 9.54. The molecule has 5 heteroatoms. The van der Waals surface area contributed by atoms with E-state index >= 15 is 0 Å². The first-order valence-electron chi connectivity index (χ1n) is 5.19. The lowest BCUT2D eigenvalue weighted by molar-refractivity contribution is 0.371. The minimum absolute atomic E-state index is 0.0445. The van der Waals surface area contributed by atoms with Crippen LogP contribution in [0.2, 0.25) is 0 Å². The molecule has 1 aromatic rings. The second kappa shape index (κ2) is 4.40. The van der Waals surface area contributed by atoms with Gasteiger partial charge in [-0.1, -0.05) is 38.0 Å². The van der Waals surface area contributed by atoms with Crippen LogP contribution in [0.5, 0.6) is 5.75 Å². The lowest BCUT2D eigenvalue weighted by Crippen LogP contribution is -2.44. The van der Waals surface area contributed by atoms with Crippen molar-refractivity contribution in [2.45, 2.75) is 25.6 Å². The predicted molar refractivity (Wildman–Crippen MR) is 59.7 cm³/mol. The van der Waals surface area contributed by atoms with Crippen molar-refractivity contribution in [3.05, 3.63) is 29.8 Å². The minimum Gasteiger partial charge on any atom is -0.497 e. The van der Waals surface area contributed by atoms with Crippen molar-refractivity contribution in [1.82, 2.24) is 0 Å². The Bertz CT molecular complexity index is 347. The van der Waals surface area contributed by atoms with Crippen LogP contribution in [0.25, 0.3) is 0 Å². The largest absolute Gasteiger partial charge is 0.497 e. The summed E-state index contributed by atoms with van der Waals surface area (Å²) in [5.41, 5.74) is 0.295. The summed E-state index contributed by atoms with van der Waals surface area (Å²) in [6, 6.07) is 6.09. The number of halogens is 3. The molecule has 16 heavy (non-hydrogen) atoms. The van der Waals surface area contributed by atoms with Gasteiger partial charge in [0.05, 0.1) is 7.11 Å². The number of ether oxygens (including phenoxy) is 1. The first-order chi connectivity index (χ1) is 7.35. The first kappa shape index (κ1) is 12.9. The molecule has 0 aliphatic carbocycles. The van der Waals surface area contributed by atoms with Crippen LogP contribution < -0.4 is 4.74 Å². The van der Waals surface area contributed by atoms with Gasteiger partial charge in [-0.15, -0.1) is 0 Å². The van der Waals surface area contributed by atoms with Crippen LogP contribution in [0.4, 0.5) is 12.9 Å². The average molecular weight is 231 g/mol. The topological polar surface area (TPSA) is 9.23 Å². The summed E-state index contributed by atoms with van der Waals surface area (Å²) in [4.78, 5) is 0. The number of methoxy groups -OCH3 is 1. The maximum Gasteiger partial charge on any atom is 0.488 e. The summed E-state index contributed by atoms with van der Waals surface area (Å²) in [7, 11) is 1.49. The van der Waals surface area contributed by atoms with Crippen molar-refractivity contribution in [2.24, 2.45) is 0 Å². The maximum absolute atomic E-state index is 13.0.